The second kappa shape index (κ2) is 9.40. The van der Waals surface area contributed by atoms with Crippen molar-refractivity contribution < 1.29 is 38.1 Å². The summed E-state index contributed by atoms with van der Waals surface area (Å²) in [4.78, 5) is 53.6. The molecule has 2 fully saturated rings. The van der Waals surface area contributed by atoms with Crippen LogP contribution >= 0.6 is 0 Å². The van der Waals surface area contributed by atoms with Gasteiger partial charge in [-0.3, -0.25) is 19.2 Å². The molecule has 4 atom stereocenters. The Kier molecular flexibility index (Phi) is 7.82. The van der Waals surface area contributed by atoms with Crippen LogP contribution in [-0.4, -0.2) is 46.3 Å². The van der Waals surface area contributed by atoms with E-state index < -0.39 is 81.8 Å². The monoisotopic (exact) mass is 496 g/mol. The molecule has 0 N–H and O–H groups in total. The van der Waals surface area contributed by atoms with Gasteiger partial charge in [0, 0.05) is 0 Å². The highest BCUT2D eigenvalue weighted by molar-refractivity contribution is 5.90. The van der Waals surface area contributed by atoms with Gasteiger partial charge in [-0.15, -0.1) is 0 Å². The lowest BCUT2D eigenvalue weighted by molar-refractivity contribution is -0.189. The van der Waals surface area contributed by atoms with Gasteiger partial charge in [0.1, 0.15) is 22.4 Å². The lowest BCUT2D eigenvalue weighted by Gasteiger charge is -2.39. The fraction of sp³-hybridized carbons (Fsp3) is 0.852. The van der Waals surface area contributed by atoms with Crippen LogP contribution in [0.1, 0.15) is 89.5 Å². The first-order valence-electron chi connectivity index (χ1n) is 12.4. The maximum atomic E-state index is 13.4. The van der Waals surface area contributed by atoms with Crippen LogP contribution in [-0.2, 0) is 38.1 Å². The summed E-state index contributed by atoms with van der Waals surface area (Å²) in [5.74, 6) is -7.21. The molecule has 0 aromatic heterocycles. The highest BCUT2D eigenvalue weighted by atomic mass is 16.6. The largest absolute Gasteiger partial charge is 0.460 e. The molecule has 8 heteroatoms. The minimum atomic E-state index is -0.926. The molecule has 0 spiro atoms. The fourth-order valence-electron chi connectivity index (χ4n) is 5.18. The molecule has 0 radical (unpaired) electrons. The Labute approximate surface area is 209 Å². The number of esters is 4. The molecular formula is C27H44O8. The van der Waals surface area contributed by atoms with Gasteiger partial charge in [0.15, 0.2) is 0 Å². The molecule has 2 rings (SSSR count). The Bertz CT molecular complexity index is 708. The number of ether oxygens (including phenoxy) is 4. The Balaban J connectivity index is 2.57. The van der Waals surface area contributed by atoms with Gasteiger partial charge >= 0.3 is 23.9 Å². The molecule has 2 bridgehead atoms. The number of rotatable bonds is 4. The molecule has 0 aromatic carbocycles. The van der Waals surface area contributed by atoms with Gasteiger partial charge in [-0.05, 0) is 101 Å². The SMILES string of the molecule is CC(C)(C)OC(=O)C1C2CC(C1C(=O)OC(C)(C)C)C(C(=O)OC(C)(C)C)C2C(=O)OC(C)(C)C. The number of hydrogen-bond donors (Lipinski definition) is 0. The summed E-state index contributed by atoms with van der Waals surface area (Å²) in [6, 6.07) is 0. The molecule has 0 aliphatic heterocycles. The molecule has 0 aromatic rings. The predicted octanol–water partition coefficient (Wildman–Crippen LogP) is 4.47. The summed E-state index contributed by atoms with van der Waals surface area (Å²) < 4.78 is 22.7. The zero-order chi connectivity index (χ0) is 27.3. The predicted molar refractivity (Wildman–Crippen MR) is 129 cm³/mol. The van der Waals surface area contributed by atoms with Crippen molar-refractivity contribution in [2.75, 3.05) is 0 Å². The van der Waals surface area contributed by atoms with Crippen LogP contribution in [0.4, 0.5) is 0 Å². The maximum absolute atomic E-state index is 13.4. The standard InChI is InChI=1S/C27H44O8/c1-24(2,3)32-20(28)16-14-13-15(17(16)21(29)33-25(4,5)6)19(23(31)35-27(10,11)12)18(14)22(30)34-26(7,8)9/h14-19H,13H2,1-12H3. The molecular weight excluding hydrogens is 452 g/mol. The Hall–Kier alpha value is -2.12. The van der Waals surface area contributed by atoms with Crippen LogP contribution in [0.2, 0.25) is 0 Å². The summed E-state index contributed by atoms with van der Waals surface area (Å²) in [5.41, 5.74) is -3.15. The van der Waals surface area contributed by atoms with Crippen LogP contribution in [0.25, 0.3) is 0 Å². The minimum Gasteiger partial charge on any atom is -0.460 e. The zero-order valence-corrected chi connectivity index (χ0v) is 23.4. The van der Waals surface area contributed by atoms with Crippen molar-refractivity contribution in [1.82, 2.24) is 0 Å². The van der Waals surface area contributed by atoms with Crippen LogP contribution < -0.4 is 0 Å². The van der Waals surface area contributed by atoms with Gasteiger partial charge in [-0.1, -0.05) is 0 Å². The van der Waals surface area contributed by atoms with E-state index in [1.165, 1.54) is 0 Å². The maximum Gasteiger partial charge on any atom is 0.310 e. The summed E-state index contributed by atoms with van der Waals surface area (Å²) in [5, 5.41) is 0. The summed E-state index contributed by atoms with van der Waals surface area (Å²) in [7, 11) is 0. The lowest BCUT2D eigenvalue weighted by atomic mass is 9.67. The first-order chi connectivity index (χ1) is 15.5. The molecule has 2 aliphatic rings. The molecule has 200 valence electrons. The quantitative estimate of drug-likeness (QED) is 0.415. The van der Waals surface area contributed by atoms with E-state index in [2.05, 4.69) is 0 Å². The van der Waals surface area contributed by atoms with Gasteiger partial charge in [-0.25, -0.2) is 0 Å². The summed E-state index contributed by atoms with van der Waals surface area (Å²) in [6.07, 6.45) is 0.321. The van der Waals surface area contributed by atoms with Gasteiger partial charge in [0.25, 0.3) is 0 Å². The average Bonchev–Trinajstić information content (AvgIpc) is 3.11. The van der Waals surface area contributed by atoms with Crippen molar-refractivity contribution >= 4 is 23.9 Å². The molecule has 0 heterocycles. The van der Waals surface area contributed by atoms with E-state index in [0.717, 1.165) is 0 Å². The third-order valence-corrected chi connectivity index (χ3v) is 5.88. The van der Waals surface area contributed by atoms with Gasteiger partial charge in [-0.2, -0.15) is 0 Å². The van der Waals surface area contributed by atoms with Crippen molar-refractivity contribution in [2.24, 2.45) is 35.5 Å². The third-order valence-electron chi connectivity index (χ3n) is 5.88. The number of hydrogen-bond acceptors (Lipinski definition) is 8. The lowest BCUT2D eigenvalue weighted by Crippen LogP contribution is -2.51. The second-order valence-electron chi connectivity index (χ2n) is 13.8. The van der Waals surface area contributed by atoms with E-state index in [9.17, 15) is 19.2 Å². The fourth-order valence-corrected chi connectivity index (χ4v) is 5.18. The first kappa shape index (κ1) is 29.1. The smallest absolute Gasteiger partial charge is 0.310 e. The Morgan fingerprint density at radius 1 is 0.429 bits per heavy atom. The number of carbonyl (C=O) groups excluding carboxylic acids is 4. The average molecular weight is 497 g/mol. The molecule has 8 nitrogen and oxygen atoms in total. The molecule has 2 aliphatic carbocycles. The third kappa shape index (κ3) is 7.43. The highest BCUT2D eigenvalue weighted by Gasteiger charge is 2.68. The van der Waals surface area contributed by atoms with Crippen LogP contribution in [0.3, 0.4) is 0 Å². The summed E-state index contributed by atoms with van der Waals surface area (Å²) in [6.45, 7) is 20.9. The van der Waals surface area contributed by atoms with E-state index in [-0.39, 0.29) is 0 Å². The molecule has 2 saturated carbocycles. The minimum absolute atomic E-state index is 0.321. The normalized spacial score (nSPS) is 28.9. The number of fused-ring (bicyclic) bond motifs is 2. The molecule has 35 heavy (non-hydrogen) atoms. The van der Waals surface area contributed by atoms with E-state index in [4.69, 9.17) is 18.9 Å². The molecule has 0 saturated heterocycles. The zero-order valence-electron chi connectivity index (χ0n) is 23.4. The number of carbonyl (C=O) groups is 4. The van der Waals surface area contributed by atoms with E-state index in [0.29, 0.717) is 6.42 Å². The molecule has 0 amide bonds. The van der Waals surface area contributed by atoms with Crippen LogP contribution in [0, 0.1) is 35.5 Å². The van der Waals surface area contributed by atoms with Crippen molar-refractivity contribution in [3.05, 3.63) is 0 Å². The van der Waals surface area contributed by atoms with Gasteiger partial charge < -0.3 is 18.9 Å². The highest BCUT2D eigenvalue weighted by Crippen LogP contribution is 2.60. The van der Waals surface area contributed by atoms with E-state index in [1.54, 1.807) is 83.1 Å². The van der Waals surface area contributed by atoms with Crippen molar-refractivity contribution in [1.29, 1.82) is 0 Å². The molecule has 4 unspecified atom stereocenters. The Morgan fingerprint density at radius 3 is 0.743 bits per heavy atom. The first-order valence-corrected chi connectivity index (χ1v) is 12.4. The summed E-state index contributed by atoms with van der Waals surface area (Å²) >= 11 is 0. The van der Waals surface area contributed by atoms with E-state index in [1.807, 2.05) is 0 Å². The van der Waals surface area contributed by atoms with E-state index >= 15 is 0 Å². The van der Waals surface area contributed by atoms with Crippen molar-refractivity contribution in [3.8, 4) is 0 Å². The van der Waals surface area contributed by atoms with Gasteiger partial charge in [0.05, 0.1) is 23.7 Å². The second-order valence-corrected chi connectivity index (χ2v) is 13.8. The van der Waals surface area contributed by atoms with Crippen molar-refractivity contribution in [3.63, 3.8) is 0 Å². The van der Waals surface area contributed by atoms with Crippen LogP contribution in [0.5, 0.6) is 0 Å². The van der Waals surface area contributed by atoms with Crippen molar-refractivity contribution in [2.45, 2.75) is 112 Å². The van der Waals surface area contributed by atoms with Gasteiger partial charge in [0.2, 0.25) is 0 Å². The topological polar surface area (TPSA) is 105 Å². The van der Waals surface area contributed by atoms with Crippen LogP contribution in [0.15, 0.2) is 0 Å². The Morgan fingerprint density at radius 2 is 0.600 bits per heavy atom.